The van der Waals surface area contributed by atoms with Crippen molar-refractivity contribution in [3.63, 3.8) is 0 Å². The van der Waals surface area contributed by atoms with Crippen LogP contribution in [0.15, 0.2) is 18.2 Å². The van der Waals surface area contributed by atoms with Crippen LogP contribution in [0.2, 0.25) is 0 Å². The van der Waals surface area contributed by atoms with Gasteiger partial charge in [-0.2, -0.15) is 0 Å². The largest absolute Gasteiger partial charge is 0.334 e. The van der Waals surface area contributed by atoms with Gasteiger partial charge in [-0.1, -0.05) is 6.07 Å². The SMILES string of the molecule is O=C(c1c(F)cccc1F)N(CC1CCCN1)C1CC1. The summed E-state index contributed by atoms with van der Waals surface area (Å²) >= 11 is 0. The lowest BCUT2D eigenvalue weighted by Gasteiger charge is -2.26. The number of carbonyl (C=O) groups excluding carboxylic acids is 1. The number of nitrogens with zero attached hydrogens (tertiary/aromatic N) is 1. The molecule has 1 saturated heterocycles. The average Bonchev–Trinajstić information content (AvgIpc) is 3.12. The third-order valence-corrected chi connectivity index (χ3v) is 4.00. The van der Waals surface area contributed by atoms with E-state index in [4.69, 9.17) is 0 Å². The maximum atomic E-state index is 13.8. The Morgan fingerprint density at radius 2 is 1.95 bits per heavy atom. The summed E-state index contributed by atoms with van der Waals surface area (Å²) in [7, 11) is 0. The van der Waals surface area contributed by atoms with Gasteiger partial charge in [-0.25, -0.2) is 8.78 Å². The lowest BCUT2D eigenvalue weighted by atomic mass is 10.1. The molecule has 1 N–H and O–H groups in total. The van der Waals surface area contributed by atoms with Gasteiger partial charge < -0.3 is 10.2 Å². The van der Waals surface area contributed by atoms with Crippen molar-refractivity contribution in [1.82, 2.24) is 10.2 Å². The summed E-state index contributed by atoms with van der Waals surface area (Å²) in [6.45, 7) is 1.49. The number of hydrogen-bond donors (Lipinski definition) is 1. The second-order valence-electron chi connectivity index (χ2n) is 5.58. The molecular formula is C15H18F2N2O. The van der Waals surface area contributed by atoms with Crippen molar-refractivity contribution >= 4 is 5.91 Å². The van der Waals surface area contributed by atoms with E-state index < -0.39 is 23.1 Å². The smallest absolute Gasteiger partial charge is 0.260 e. The molecule has 0 bridgehead atoms. The number of halogens is 2. The molecule has 20 heavy (non-hydrogen) atoms. The van der Waals surface area contributed by atoms with Gasteiger partial charge in [-0.05, 0) is 44.4 Å². The Hall–Kier alpha value is -1.49. The fourth-order valence-corrected chi connectivity index (χ4v) is 2.78. The molecular weight excluding hydrogens is 262 g/mol. The summed E-state index contributed by atoms with van der Waals surface area (Å²) in [4.78, 5) is 14.1. The van der Waals surface area contributed by atoms with Crippen LogP contribution in [0.25, 0.3) is 0 Å². The van der Waals surface area contributed by atoms with Crippen molar-refractivity contribution in [2.75, 3.05) is 13.1 Å². The minimum absolute atomic E-state index is 0.143. The number of carbonyl (C=O) groups is 1. The highest BCUT2D eigenvalue weighted by atomic mass is 19.1. The molecule has 2 fully saturated rings. The second kappa shape index (κ2) is 5.48. The van der Waals surface area contributed by atoms with E-state index in [0.29, 0.717) is 6.54 Å². The minimum atomic E-state index is -0.778. The van der Waals surface area contributed by atoms with E-state index >= 15 is 0 Å². The first kappa shape index (κ1) is 13.5. The normalized spacial score (nSPS) is 22.0. The van der Waals surface area contributed by atoms with E-state index in [-0.39, 0.29) is 12.1 Å². The van der Waals surface area contributed by atoms with Crippen molar-refractivity contribution in [3.05, 3.63) is 35.4 Å². The number of nitrogens with one attached hydrogen (secondary N) is 1. The summed E-state index contributed by atoms with van der Waals surface area (Å²) in [6, 6.07) is 3.93. The number of hydrogen-bond acceptors (Lipinski definition) is 2. The van der Waals surface area contributed by atoms with E-state index in [2.05, 4.69) is 5.32 Å². The van der Waals surface area contributed by atoms with Gasteiger partial charge in [0.1, 0.15) is 17.2 Å². The Morgan fingerprint density at radius 1 is 1.25 bits per heavy atom. The number of rotatable bonds is 4. The van der Waals surface area contributed by atoms with Crippen LogP contribution in [0.5, 0.6) is 0 Å². The molecule has 3 rings (SSSR count). The van der Waals surface area contributed by atoms with Gasteiger partial charge >= 0.3 is 0 Å². The summed E-state index contributed by atoms with van der Waals surface area (Å²) in [5, 5.41) is 3.32. The summed E-state index contributed by atoms with van der Waals surface area (Å²) in [5.41, 5.74) is -0.419. The molecule has 0 radical (unpaired) electrons. The Bertz CT molecular complexity index is 490. The van der Waals surface area contributed by atoms with Crippen molar-refractivity contribution in [1.29, 1.82) is 0 Å². The zero-order valence-corrected chi connectivity index (χ0v) is 11.2. The summed E-state index contributed by atoms with van der Waals surface area (Å²) in [6.07, 6.45) is 3.95. The van der Waals surface area contributed by atoms with Crippen molar-refractivity contribution < 1.29 is 13.6 Å². The third-order valence-electron chi connectivity index (χ3n) is 4.00. The van der Waals surface area contributed by atoms with Crippen LogP contribution in [0, 0.1) is 11.6 Å². The molecule has 108 valence electrons. The van der Waals surface area contributed by atoms with Crippen molar-refractivity contribution in [2.24, 2.45) is 0 Å². The fourth-order valence-electron chi connectivity index (χ4n) is 2.78. The molecule has 1 amide bonds. The van der Waals surface area contributed by atoms with Gasteiger partial charge in [0.25, 0.3) is 5.91 Å². The van der Waals surface area contributed by atoms with Crippen molar-refractivity contribution in [2.45, 2.75) is 37.8 Å². The van der Waals surface area contributed by atoms with Crippen LogP contribution in [-0.4, -0.2) is 36.0 Å². The second-order valence-corrected chi connectivity index (χ2v) is 5.58. The first-order valence-corrected chi connectivity index (χ1v) is 7.15. The monoisotopic (exact) mass is 280 g/mol. The van der Waals surface area contributed by atoms with Crippen LogP contribution in [0.1, 0.15) is 36.0 Å². The van der Waals surface area contributed by atoms with Crippen LogP contribution >= 0.6 is 0 Å². The first-order chi connectivity index (χ1) is 9.66. The molecule has 0 spiro atoms. The fraction of sp³-hybridized carbons (Fsp3) is 0.533. The molecule has 1 atom stereocenters. The van der Waals surface area contributed by atoms with E-state index in [9.17, 15) is 13.6 Å². The summed E-state index contributed by atoms with van der Waals surface area (Å²) < 4.78 is 27.5. The molecule has 1 heterocycles. The molecule has 0 aromatic heterocycles. The van der Waals surface area contributed by atoms with Gasteiger partial charge in [-0.15, -0.1) is 0 Å². The van der Waals surface area contributed by atoms with E-state index in [1.54, 1.807) is 4.90 Å². The topological polar surface area (TPSA) is 32.3 Å². The molecule has 2 aliphatic rings. The van der Waals surface area contributed by atoms with E-state index in [1.165, 1.54) is 6.07 Å². The van der Waals surface area contributed by atoms with Gasteiger partial charge in [0.15, 0.2) is 0 Å². The molecule has 1 aromatic rings. The molecule has 1 saturated carbocycles. The zero-order chi connectivity index (χ0) is 14.1. The maximum absolute atomic E-state index is 13.8. The molecule has 1 aliphatic heterocycles. The third kappa shape index (κ3) is 2.68. The van der Waals surface area contributed by atoms with E-state index in [1.807, 2.05) is 0 Å². The number of amides is 1. The Labute approximate surface area is 117 Å². The summed E-state index contributed by atoms with van der Waals surface area (Å²) in [5.74, 6) is -2.07. The van der Waals surface area contributed by atoms with Crippen LogP contribution < -0.4 is 5.32 Å². The molecule has 5 heteroatoms. The number of benzene rings is 1. The van der Waals surface area contributed by atoms with Crippen molar-refractivity contribution in [3.8, 4) is 0 Å². The maximum Gasteiger partial charge on any atom is 0.260 e. The predicted octanol–water partition coefficient (Wildman–Crippen LogP) is 2.32. The minimum Gasteiger partial charge on any atom is -0.334 e. The van der Waals surface area contributed by atoms with Gasteiger partial charge in [0.2, 0.25) is 0 Å². The van der Waals surface area contributed by atoms with Crippen LogP contribution in [-0.2, 0) is 0 Å². The molecule has 1 unspecified atom stereocenters. The predicted molar refractivity (Wildman–Crippen MR) is 71.4 cm³/mol. The highest BCUT2D eigenvalue weighted by Crippen LogP contribution is 2.30. The average molecular weight is 280 g/mol. The zero-order valence-electron chi connectivity index (χ0n) is 11.2. The highest BCUT2D eigenvalue weighted by Gasteiger charge is 2.36. The lowest BCUT2D eigenvalue weighted by Crippen LogP contribution is -2.43. The van der Waals surface area contributed by atoms with E-state index in [0.717, 1.165) is 44.4 Å². The molecule has 1 aliphatic carbocycles. The van der Waals surface area contributed by atoms with Crippen LogP contribution in [0.3, 0.4) is 0 Å². The van der Waals surface area contributed by atoms with Gasteiger partial charge in [-0.3, -0.25) is 4.79 Å². The van der Waals surface area contributed by atoms with Gasteiger partial charge in [0, 0.05) is 18.6 Å². The molecule has 1 aromatic carbocycles. The Morgan fingerprint density at radius 3 is 2.50 bits per heavy atom. The van der Waals surface area contributed by atoms with Crippen LogP contribution in [0.4, 0.5) is 8.78 Å². The molecule has 3 nitrogen and oxygen atoms in total. The first-order valence-electron chi connectivity index (χ1n) is 7.15. The Kier molecular flexibility index (Phi) is 3.70. The quantitative estimate of drug-likeness (QED) is 0.918. The standard InChI is InChI=1S/C15H18F2N2O/c16-12-4-1-5-13(17)14(12)15(20)19(11-6-7-11)9-10-3-2-8-18-10/h1,4-5,10-11,18H,2-3,6-9H2. The highest BCUT2D eigenvalue weighted by molar-refractivity contribution is 5.95. The van der Waals surface area contributed by atoms with Gasteiger partial charge in [0.05, 0.1) is 0 Å². The lowest BCUT2D eigenvalue weighted by molar-refractivity contribution is 0.0718. The Balaban J connectivity index is 1.81.